The minimum absolute atomic E-state index is 0.0308. The van der Waals surface area contributed by atoms with Crippen molar-refractivity contribution in [2.75, 3.05) is 31.7 Å². The summed E-state index contributed by atoms with van der Waals surface area (Å²) in [7, 11) is 0. The molecule has 1 aromatic carbocycles. The first-order valence-corrected chi connectivity index (χ1v) is 5.03. The summed E-state index contributed by atoms with van der Waals surface area (Å²) in [6.45, 7) is 1.21. The molecule has 0 atom stereocenters. The van der Waals surface area contributed by atoms with Crippen molar-refractivity contribution < 1.29 is 18.6 Å². The van der Waals surface area contributed by atoms with E-state index in [1.165, 1.54) is 0 Å². The molecule has 1 heterocycles. The van der Waals surface area contributed by atoms with Crippen molar-refractivity contribution in [2.24, 2.45) is 5.41 Å². The normalized spacial score (nSPS) is 17.9. The van der Waals surface area contributed by atoms with Gasteiger partial charge in [-0.15, -0.1) is 0 Å². The van der Waals surface area contributed by atoms with Crippen molar-refractivity contribution in [3.63, 3.8) is 0 Å². The Morgan fingerprint density at radius 1 is 1.38 bits per heavy atom. The second kappa shape index (κ2) is 4.35. The maximum Gasteiger partial charge on any atom is 0.146 e. The van der Waals surface area contributed by atoms with Crippen molar-refractivity contribution in [3.8, 4) is 0 Å². The number of halogens is 2. The summed E-state index contributed by atoms with van der Waals surface area (Å²) in [5.74, 6) is -0.999. The van der Waals surface area contributed by atoms with Gasteiger partial charge >= 0.3 is 0 Å². The van der Waals surface area contributed by atoms with E-state index in [4.69, 9.17) is 9.84 Å². The van der Waals surface area contributed by atoms with E-state index >= 15 is 0 Å². The number of anilines is 1. The quantitative estimate of drug-likeness (QED) is 0.819. The van der Waals surface area contributed by atoms with E-state index in [2.05, 4.69) is 5.32 Å². The van der Waals surface area contributed by atoms with Gasteiger partial charge in [0.2, 0.25) is 0 Å². The second-order valence-electron chi connectivity index (χ2n) is 4.13. The summed E-state index contributed by atoms with van der Waals surface area (Å²) in [4.78, 5) is 0. The van der Waals surface area contributed by atoms with Gasteiger partial charge in [-0.2, -0.15) is 0 Å². The topological polar surface area (TPSA) is 41.5 Å². The first kappa shape index (κ1) is 11.3. The lowest BCUT2D eigenvalue weighted by Gasteiger charge is -2.40. The lowest BCUT2D eigenvalue weighted by Crippen LogP contribution is -2.50. The van der Waals surface area contributed by atoms with Crippen molar-refractivity contribution in [2.45, 2.75) is 0 Å². The fourth-order valence-corrected chi connectivity index (χ4v) is 1.56. The van der Waals surface area contributed by atoms with Gasteiger partial charge in [-0.25, -0.2) is 8.78 Å². The van der Waals surface area contributed by atoms with Gasteiger partial charge in [0.1, 0.15) is 11.6 Å². The Balaban J connectivity index is 2.01. The molecule has 2 N–H and O–H groups in total. The van der Waals surface area contributed by atoms with E-state index in [-0.39, 0.29) is 17.7 Å². The molecule has 1 aliphatic heterocycles. The van der Waals surface area contributed by atoms with Crippen LogP contribution in [0.4, 0.5) is 14.5 Å². The first-order valence-electron chi connectivity index (χ1n) is 5.03. The summed E-state index contributed by atoms with van der Waals surface area (Å²) < 4.78 is 31.1. The van der Waals surface area contributed by atoms with Crippen LogP contribution in [0.25, 0.3) is 0 Å². The largest absolute Gasteiger partial charge is 0.396 e. The van der Waals surface area contributed by atoms with E-state index < -0.39 is 11.6 Å². The molecule has 5 heteroatoms. The Morgan fingerprint density at radius 2 is 2.12 bits per heavy atom. The second-order valence-corrected chi connectivity index (χ2v) is 4.13. The van der Waals surface area contributed by atoms with Gasteiger partial charge in [0.25, 0.3) is 0 Å². The van der Waals surface area contributed by atoms with E-state index in [0.717, 1.165) is 18.2 Å². The van der Waals surface area contributed by atoms with E-state index in [9.17, 15) is 8.78 Å². The molecule has 0 bridgehead atoms. The summed E-state index contributed by atoms with van der Waals surface area (Å²) in [5.41, 5.74) is -0.251. The SMILES string of the molecule is OCC1(CNc2cc(F)ccc2F)COC1. The molecule has 0 spiro atoms. The van der Waals surface area contributed by atoms with Crippen LogP contribution in [0.15, 0.2) is 18.2 Å². The highest BCUT2D eigenvalue weighted by molar-refractivity contribution is 5.45. The fourth-order valence-electron chi connectivity index (χ4n) is 1.56. The molecule has 0 unspecified atom stereocenters. The Kier molecular flexibility index (Phi) is 3.07. The third-order valence-electron chi connectivity index (χ3n) is 2.73. The number of aliphatic hydroxyl groups excluding tert-OH is 1. The lowest BCUT2D eigenvalue weighted by molar-refractivity contribution is -0.128. The van der Waals surface area contributed by atoms with Gasteiger partial charge < -0.3 is 15.2 Å². The molecule has 1 saturated heterocycles. The Hall–Kier alpha value is -1.20. The number of ether oxygens (including phenoxy) is 1. The first-order chi connectivity index (χ1) is 7.65. The van der Waals surface area contributed by atoms with Crippen LogP contribution in [0.1, 0.15) is 0 Å². The van der Waals surface area contributed by atoms with Crippen LogP contribution in [0, 0.1) is 17.0 Å². The van der Waals surface area contributed by atoms with Gasteiger partial charge in [-0.05, 0) is 18.2 Å². The van der Waals surface area contributed by atoms with E-state index in [0.29, 0.717) is 19.8 Å². The molecular formula is C11H13F2NO2. The van der Waals surface area contributed by atoms with Crippen LogP contribution in [0.3, 0.4) is 0 Å². The molecular weight excluding hydrogens is 216 g/mol. The summed E-state index contributed by atoms with van der Waals surface area (Å²) in [6, 6.07) is 3.23. The highest BCUT2D eigenvalue weighted by Gasteiger charge is 2.37. The third-order valence-corrected chi connectivity index (χ3v) is 2.73. The molecule has 0 aromatic heterocycles. The maximum absolute atomic E-state index is 13.2. The van der Waals surface area contributed by atoms with Gasteiger partial charge in [0.05, 0.1) is 30.9 Å². The molecule has 88 valence electrons. The smallest absolute Gasteiger partial charge is 0.146 e. The molecule has 1 aliphatic rings. The van der Waals surface area contributed by atoms with Crippen LogP contribution in [0.5, 0.6) is 0 Å². The van der Waals surface area contributed by atoms with Gasteiger partial charge in [-0.3, -0.25) is 0 Å². The summed E-state index contributed by atoms with van der Waals surface area (Å²) in [5, 5.41) is 11.9. The van der Waals surface area contributed by atoms with Crippen LogP contribution in [-0.4, -0.2) is 31.5 Å². The molecule has 0 aliphatic carbocycles. The van der Waals surface area contributed by atoms with Crippen LogP contribution in [-0.2, 0) is 4.74 Å². The average Bonchev–Trinajstić information content (AvgIpc) is 2.22. The van der Waals surface area contributed by atoms with E-state index in [1.807, 2.05) is 0 Å². The van der Waals surface area contributed by atoms with Gasteiger partial charge in [0, 0.05) is 6.54 Å². The minimum Gasteiger partial charge on any atom is -0.396 e. The van der Waals surface area contributed by atoms with Crippen molar-refractivity contribution in [1.29, 1.82) is 0 Å². The summed E-state index contributed by atoms with van der Waals surface area (Å²) >= 11 is 0. The van der Waals surface area contributed by atoms with Crippen LogP contribution in [0.2, 0.25) is 0 Å². The van der Waals surface area contributed by atoms with Crippen LogP contribution >= 0.6 is 0 Å². The Labute approximate surface area is 92.0 Å². The molecule has 0 amide bonds. The Morgan fingerprint density at radius 3 is 2.69 bits per heavy atom. The average molecular weight is 229 g/mol. The number of hydrogen-bond acceptors (Lipinski definition) is 3. The molecule has 3 nitrogen and oxygen atoms in total. The molecule has 16 heavy (non-hydrogen) atoms. The zero-order valence-electron chi connectivity index (χ0n) is 8.67. The molecule has 2 rings (SSSR count). The minimum atomic E-state index is -0.505. The lowest BCUT2D eigenvalue weighted by atomic mass is 9.87. The summed E-state index contributed by atoms with van der Waals surface area (Å²) in [6.07, 6.45) is 0. The number of hydrogen-bond donors (Lipinski definition) is 2. The van der Waals surface area contributed by atoms with Gasteiger partial charge in [-0.1, -0.05) is 0 Å². The number of benzene rings is 1. The Bertz CT molecular complexity index is 375. The zero-order valence-corrected chi connectivity index (χ0v) is 8.67. The van der Waals surface area contributed by atoms with Crippen molar-refractivity contribution >= 4 is 5.69 Å². The molecule has 0 radical (unpaired) electrons. The maximum atomic E-state index is 13.2. The predicted molar refractivity (Wildman–Crippen MR) is 55.2 cm³/mol. The number of rotatable bonds is 4. The highest BCUT2D eigenvalue weighted by Crippen LogP contribution is 2.27. The monoisotopic (exact) mass is 229 g/mol. The van der Waals surface area contributed by atoms with Crippen LogP contribution < -0.4 is 5.32 Å². The number of nitrogens with one attached hydrogen (secondary N) is 1. The standard InChI is InChI=1S/C11H13F2NO2/c12-8-1-2-9(13)10(3-8)14-4-11(5-15)6-16-7-11/h1-3,14-15H,4-7H2. The van der Waals surface area contributed by atoms with Gasteiger partial charge in [0.15, 0.2) is 0 Å². The third kappa shape index (κ3) is 2.15. The van der Waals surface area contributed by atoms with Crippen molar-refractivity contribution in [3.05, 3.63) is 29.8 Å². The molecule has 0 saturated carbocycles. The molecule has 1 fully saturated rings. The predicted octanol–water partition coefficient (Wildman–Crippen LogP) is 1.39. The fraction of sp³-hybridized carbons (Fsp3) is 0.455. The number of aliphatic hydroxyl groups is 1. The molecule has 1 aromatic rings. The van der Waals surface area contributed by atoms with Crippen molar-refractivity contribution in [1.82, 2.24) is 0 Å². The zero-order chi connectivity index (χ0) is 11.6. The van der Waals surface area contributed by atoms with E-state index in [1.54, 1.807) is 0 Å². The highest BCUT2D eigenvalue weighted by atomic mass is 19.1.